The van der Waals surface area contributed by atoms with E-state index >= 15 is 0 Å². The van der Waals surface area contributed by atoms with E-state index in [9.17, 15) is 14.4 Å². The van der Waals surface area contributed by atoms with Crippen molar-refractivity contribution in [3.8, 4) is 0 Å². The maximum Gasteiger partial charge on any atom is 0.240 e. The molecule has 0 radical (unpaired) electrons. The van der Waals surface area contributed by atoms with Crippen molar-refractivity contribution in [1.29, 1.82) is 0 Å². The molecule has 7 heteroatoms. The normalized spacial score (nSPS) is 27.6. The average molecular weight is 438 g/mol. The van der Waals surface area contributed by atoms with Crippen LogP contribution in [-0.4, -0.2) is 28.7 Å². The molecule has 28 heavy (non-hydrogen) atoms. The number of carbonyl (C=O) groups excluding carboxylic acids is 3. The van der Waals surface area contributed by atoms with Gasteiger partial charge in [-0.15, -0.1) is 0 Å². The first-order chi connectivity index (χ1) is 13.5. The molecule has 2 aromatic carbocycles. The predicted molar refractivity (Wildman–Crippen MR) is 107 cm³/mol. The Bertz CT molecular complexity index is 1070. The van der Waals surface area contributed by atoms with Crippen LogP contribution in [-0.2, 0) is 14.4 Å². The van der Waals surface area contributed by atoms with Gasteiger partial charge in [0.05, 0.1) is 23.6 Å². The van der Waals surface area contributed by atoms with Crippen LogP contribution in [0.4, 0.5) is 5.69 Å². The lowest BCUT2D eigenvalue weighted by molar-refractivity contribution is -0.129. The molecule has 0 aliphatic carbocycles. The van der Waals surface area contributed by atoms with Gasteiger partial charge in [-0.1, -0.05) is 46.3 Å². The number of primary amides is 1. The Morgan fingerprint density at radius 2 is 1.75 bits per heavy atom. The Balaban J connectivity index is 1.66. The Hall–Kier alpha value is -2.93. The van der Waals surface area contributed by atoms with Gasteiger partial charge in [0.2, 0.25) is 17.7 Å². The molecule has 3 aliphatic heterocycles. The highest BCUT2D eigenvalue weighted by molar-refractivity contribution is 9.10. The zero-order valence-electron chi connectivity index (χ0n) is 14.7. The van der Waals surface area contributed by atoms with Crippen molar-refractivity contribution in [2.75, 3.05) is 4.90 Å². The van der Waals surface area contributed by atoms with E-state index in [0.717, 1.165) is 15.6 Å². The summed E-state index contributed by atoms with van der Waals surface area (Å²) in [6, 6.07) is 13.5. The number of hydrogen-bond donors (Lipinski definition) is 1. The van der Waals surface area contributed by atoms with Gasteiger partial charge in [0.15, 0.2) is 0 Å². The molecular formula is C21H16BrN3O3. The van der Waals surface area contributed by atoms with E-state index in [1.165, 1.54) is 4.90 Å². The lowest BCUT2D eigenvalue weighted by Crippen LogP contribution is -2.46. The summed E-state index contributed by atoms with van der Waals surface area (Å²) in [5, 5.41) is 0. The van der Waals surface area contributed by atoms with Crippen molar-refractivity contribution in [2.45, 2.75) is 12.1 Å². The van der Waals surface area contributed by atoms with E-state index in [-0.39, 0.29) is 11.8 Å². The largest absolute Gasteiger partial charge is 0.368 e. The fourth-order valence-electron chi connectivity index (χ4n) is 4.75. The number of amides is 3. The number of carbonyl (C=O) groups is 3. The van der Waals surface area contributed by atoms with Crippen molar-refractivity contribution >= 4 is 45.4 Å². The van der Waals surface area contributed by atoms with Crippen molar-refractivity contribution in [2.24, 2.45) is 17.6 Å². The van der Waals surface area contributed by atoms with Gasteiger partial charge < -0.3 is 10.6 Å². The highest BCUT2D eigenvalue weighted by Crippen LogP contribution is 2.53. The summed E-state index contributed by atoms with van der Waals surface area (Å²) in [5.41, 5.74) is 8.10. The fraction of sp³-hybridized carbons (Fsp3) is 0.190. The molecule has 3 aliphatic rings. The molecule has 140 valence electrons. The maximum atomic E-state index is 13.4. The van der Waals surface area contributed by atoms with Gasteiger partial charge in [0.1, 0.15) is 6.04 Å². The number of hydrogen-bond acceptors (Lipinski definition) is 4. The number of nitrogens with zero attached hydrogens (tertiary/aromatic N) is 2. The first-order valence-electron chi connectivity index (χ1n) is 8.96. The molecule has 0 saturated carbocycles. The molecule has 0 bridgehead atoms. The zero-order valence-corrected chi connectivity index (χ0v) is 16.2. The number of halogens is 1. The third kappa shape index (κ3) is 2.22. The van der Waals surface area contributed by atoms with Crippen LogP contribution in [0.25, 0.3) is 6.08 Å². The summed E-state index contributed by atoms with van der Waals surface area (Å²) in [5.74, 6) is -2.73. The Morgan fingerprint density at radius 1 is 1.00 bits per heavy atom. The molecule has 3 amide bonds. The van der Waals surface area contributed by atoms with Crippen LogP contribution in [0.5, 0.6) is 0 Å². The highest BCUT2D eigenvalue weighted by Gasteiger charge is 2.64. The first-order valence-corrected chi connectivity index (χ1v) is 9.75. The van der Waals surface area contributed by atoms with E-state index in [2.05, 4.69) is 15.9 Å². The predicted octanol–water partition coefficient (Wildman–Crippen LogP) is 2.45. The van der Waals surface area contributed by atoms with E-state index in [4.69, 9.17) is 5.73 Å². The van der Waals surface area contributed by atoms with Crippen molar-refractivity contribution in [3.63, 3.8) is 0 Å². The van der Waals surface area contributed by atoms with Crippen LogP contribution in [0.2, 0.25) is 0 Å². The van der Waals surface area contributed by atoms with Gasteiger partial charge in [0, 0.05) is 10.7 Å². The Kier molecular flexibility index (Phi) is 3.71. The van der Waals surface area contributed by atoms with Gasteiger partial charge in [-0.05, 0) is 35.4 Å². The van der Waals surface area contributed by atoms with Gasteiger partial charge >= 0.3 is 0 Å². The molecule has 1 unspecified atom stereocenters. The van der Waals surface area contributed by atoms with Gasteiger partial charge in [-0.25, -0.2) is 4.90 Å². The molecule has 4 atom stereocenters. The Labute approximate surface area is 169 Å². The fourth-order valence-corrected chi connectivity index (χ4v) is 5.14. The molecule has 0 spiro atoms. The number of imide groups is 1. The smallest absolute Gasteiger partial charge is 0.240 e. The standard InChI is InChI=1S/C21H16BrN3O3/c22-12-5-3-6-13(10-12)25-20(27)15-16(21(25)28)18(19(23)26)24-9-8-11-4-1-2-7-14(11)17(15)24/h1-10,15-18H,(H2,23,26)/t15-,16+,17?,18-/m0/s1. The second-order valence-electron chi connectivity index (χ2n) is 7.23. The molecule has 2 saturated heterocycles. The number of rotatable bonds is 2. The third-order valence-electron chi connectivity index (χ3n) is 5.82. The van der Waals surface area contributed by atoms with Crippen LogP contribution in [0.15, 0.2) is 59.2 Å². The highest BCUT2D eigenvalue weighted by atomic mass is 79.9. The summed E-state index contributed by atoms with van der Waals surface area (Å²) in [6.45, 7) is 0. The van der Waals surface area contributed by atoms with E-state index in [0.29, 0.717) is 5.69 Å². The van der Waals surface area contributed by atoms with Crippen LogP contribution in [0.3, 0.4) is 0 Å². The second-order valence-corrected chi connectivity index (χ2v) is 8.14. The molecule has 0 aromatic heterocycles. The first kappa shape index (κ1) is 17.2. The number of nitrogens with two attached hydrogens (primary N) is 1. The monoisotopic (exact) mass is 437 g/mol. The molecule has 2 fully saturated rings. The lowest BCUT2D eigenvalue weighted by Gasteiger charge is -2.34. The molecule has 6 nitrogen and oxygen atoms in total. The van der Waals surface area contributed by atoms with Crippen LogP contribution >= 0.6 is 15.9 Å². The average Bonchev–Trinajstić information content (AvgIpc) is 3.15. The molecule has 5 rings (SSSR count). The number of benzene rings is 2. The molecule has 3 heterocycles. The summed E-state index contributed by atoms with van der Waals surface area (Å²) in [7, 11) is 0. The van der Waals surface area contributed by atoms with E-state index < -0.39 is 29.8 Å². The van der Waals surface area contributed by atoms with Crippen molar-refractivity contribution in [1.82, 2.24) is 4.90 Å². The summed E-state index contributed by atoms with van der Waals surface area (Å²) >= 11 is 3.38. The SMILES string of the molecule is NC(=O)[C@@H]1[C@@H]2C(=O)N(c3cccc(Br)c3)C(=O)[C@@H]2C2c3ccccc3C=CN21. The minimum atomic E-state index is -0.854. The van der Waals surface area contributed by atoms with Crippen LogP contribution < -0.4 is 10.6 Å². The van der Waals surface area contributed by atoms with E-state index in [1.54, 1.807) is 29.3 Å². The minimum absolute atomic E-state index is 0.294. The quantitative estimate of drug-likeness (QED) is 0.731. The topological polar surface area (TPSA) is 83.7 Å². The van der Waals surface area contributed by atoms with Gasteiger partial charge in [-0.3, -0.25) is 14.4 Å². The molecule has 2 aromatic rings. The Morgan fingerprint density at radius 3 is 2.50 bits per heavy atom. The van der Waals surface area contributed by atoms with Crippen molar-refractivity contribution < 1.29 is 14.4 Å². The zero-order chi connectivity index (χ0) is 19.6. The minimum Gasteiger partial charge on any atom is -0.368 e. The van der Waals surface area contributed by atoms with E-state index in [1.807, 2.05) is 36.4 Å². The third-order valence-corrected chi connectivity index (χ3v) is 6.31. The number of fused-ring (bicyclic) bond motifs is 5. The summed E-state index contributed by atoms with van der Waals surface area (Å²) < 4.78 is 0.765. The second kappa shape index (κ2) is 6.04. The van der Waals surface area contributed by atoms with Crippen LogP contribution in [0.1, 0.15) is 17.2 Å². The van der Waals surface area contributed by atoms with Crippen molar-refractivity contribution in [3.05, 3.63) is 70.3 Å². The summed E-state index contributed by atoms with van der Waals surface area (Å²) in [6.07, 6.45) is 3.68. The lowest BCUT2D eigenvalue weighted by atomic mass is 9.84. The number of anilines is 1. The molecular weight excluding hydrogens is 422 g/mol. The summed E-state index contributed by atoms with van der Waals surface area (Å²) in [4.78, 5) is 42.0. The van der Waals surface area contributed by atoms with Gasteiger partial charge in [-0.2, -0.15) is 0 Å². The maximum absolute atomic E-state index is 13.4. The van der Waals surface area contributed by atoms with Gasteiger partial charge in [0.25, 0.3) is 0 Å². The molecule has 2 N–H and O–H groups in total. The van der Waals surface area contributed by atoms with Crippen LogP contribution in [0, 0.1) is 11.8 Å².